The Labute approximate surface area is 153 Å². The summed E-state index contributed by atoms with van der Waals surface area (Å²) in [7, 11) is 0. The van der Waals surface area contributed by atoms with E-state index in [0.29, 0.717) is 16.3 Å². The predicted molar refractivity (Wildman–Crippen MR) is 94.0 cm³/mol. The van der Waals surface area contributed by atoms with Crippen LogP contribution in [-0.2, 0) is 4.74 Å². The lowest BCUT2D eigenvalue weighted by Gasteiger charge is -2.40. The van der Waals surface area contributed by atoms with Crippen LogP contribution in [-0.4, -0.2) is 62.3 Å². The van der Waals surface area contributed by atoms with Crippen LogP contribution in [0.1, 0.15) is 26.9 Å². The van der Waals surface area contributed by atoms with Gasteiger partial charge < -0.3 is 25.2 Å². The zero-order chi connectivity index (χ0) is 18.8. The Hall–Kier alpha value is -1.88. The second-order valence-electron chi connectivity index (χ2n) is 6.11. The van der Waals surface area contributed by atoms with Gasteiger partial charge in [0.15, 0.2) is 5.13 Å². The van der Waals surface area contributed by atoms with Gasteiger partial charge in [0, 0.05) is 16.6 Å². The molecule has 26 heavy (non-hydrogen) atoms. The van der Waals surface area contributed by atoms with E-state index in [1.54, 1.807) is 24.4 Å². The first-order valence-corrected chi connectivity index (χ1v) is 8.86. The quantitative estimate of drug-likeness (QED) is 0.512. The van der Waals surface area contributed by atoms with Crippen molar-refractivity contribution in [3.05, 3.63) is 46.5 Å². The zero-order valence-corrected chi connectivity index (χ0v) is 14.8. The fraction of sp³-hybridized carbons (Fsp3) is 0.412. The molecule has 5 N–H and O–H groups in total. The van der Waals surface area contributed by atoms with Gasteiger partial charge in [-0.05, 0) is 24.6 Å². The molecule has 0 aliphatic carbocycles. The van der Waals surface area contributed by atoms with Gasteiger partial charge in [0.05, 0.1) is 6.61 Å². The maximum absolute atomic E-state index is 12.4. The zero-order valence-electron chi connectivity index (χ0n) is 13.9. The van der Waals surface area contributed by atoms with E-state index in [4.69, 9.17) is 4.74 Å². The van der Waals surface area contributed by atoms with Gasteiger partial charge >= 0.3 is 0 Å². The predicted octanol–water partition coefficient (Wildman–Crippen LogP) is 0.219. The summed E-state index contributed by atoms with van der Waals surface area (Å²) in [6.07, 6.45) is -4.63. The first-order chi connectivity index (χ1) is 12.4. The highest BCUT2D eigenvalue weighted by Gasteiger charge is 2.43. The highest BCUT2D eigenvalue weighted by Crippen LogP contribution is 2.32. The lowest BCUT2D eigenvalue weighted by Crippen LogP contribution is -2.55. The van der Waals surface area contributed by atoms with Gasteiger partial charge in [0.25, 0.3) is 5.91 Å². The molecule has 5 unspecified atom stereocenters. The standard InChI is InChI=1S/C17H20N2O6S/c1-8-6-18-17(26-8)19-16(24)10-4-2-3-9(5-10)15-14(23)13(22)12(21)11(7-20)25-15/h2-6,11-15,20-23H,7H2,1H3,(H,18,19,24). The van der Waals surface area contributed by atoms with Crippen LogP contribution in [0.4, 0.5) is 5.13 Å². The van der Waals surface area contributed by atoms with Crippen LogP contribution in [0.2, 0.25) is 0 Å². The molecule has 140 valence electrons. The lowest BCUT2D eigenvalue weighted by atomic mass is 9.90. The van der Waals surface area contributed by atoms with Crippen molar-refractivity contribution in [3.63, 3.8) is 0 Å². The molecule has 0 radical (unpaired) electrons. The Bertz CT molecular complexity index is 780. The number of aliphatic hydroxyl groups excluding tert-OH is 4. The summed E-state index contributed by atoms with van der Waals surface area (Å²) in [6.45, 7) is 1.37. The van der Waals surface area contributed by atoms with Crippen molar-refractivity contribution in [2.24, 2.45) is 0 Å². The molecule has 2 heterocycles. The molecule has 1 aliphatic rings. The number of hydrogen-bond acceptors (Lipinski definition) is 8. The molecule has 1 saturated heterocycles. The van der Waals surface area contributed by atoms with Crippen molar-refractivity contribution >= 4 is 22.4 Å². The number of anilines is 1. The largest absolute Gasteiger partial charge is 0.394 e. The molecule has 1 amide bonds. The molecule has 0 spiro atoms. The molecule has 8 nitrogen and oxygen atoms in total. The fourth-order valence-electron chi connectivity index (χ4n) is 2.82. The highest BCUT2D eigenvalue weighted by molar-refractivity contribution is 7.15. The Morgan fingerprint density at radius 1 is 1.27 bits per heavy atom. The maximum Gasteiger partial charge on any atom is 0.257 e. The van der Waals surface area contributed by atoms with Gasteiger partial charge in [-0.1, -0.05) is 12.1 Å². The third-order valence-corrected chi connectivity index (χ3v) is 5.04. The third-order valence-electron chi connectivity index (χ3n) is 4.21. The number of hydrogen-bond donors (Lipinski definition) is 5. The molecule has 5 atom stereocenters. The molecular formula is C17H20N2O6S. The van der Waals surface area contributed by atoms with E-state index in [0.717, 1.165) is 4.88 Å². The minimum atomic E-state index is -1.47. The van der Waals surface area contributed by atoms with Crippen LogP contribution in [0, 0.1) is 6.92 Å². The summed E-state index contributed by atoms with van der Waals surface area (Å²) >= 11 is 1.35. The average molecular weight is 380 g/mol. The average Bonchev–Trinajstić information content (AvgIpc) is 3.05. The number of aliphatic hydroxyl groups is 4. The van der Waals surface area contributed by atoms with Gasteiger partial charge in [-0.2, -0.15) is 0 Å². The van der Waals surface area contributed by atoms with Crippen LogP contribution in [0.25, 0.3) is 0 Å². The number of carbonyl (C=O) groups excluding carboxylic acids is 1. The molecule has 0 bridgehead atoms. The summed E-state index contributed by atoms with van der Waals surface area (Å²) in [5, 5.41) is 42.5. The van der Waals surface area contributed by atoms with Gasteiger partial charge in [0.1, 0.15) is 30.5 Å². The molecule has 2 aromatic rings. The summed E-state index contributed by atoms with van der Waals surface area (Å²) in [4.78, 5) is 17.4. The number of amides is 1. The number of rotatable bonds is 4. The minimum Gasteiger partial charge on any atom is -0.394 e. The van der Waals surface area contributed by atoms with Gasteiger partial charge in [-0.3, -0.25) is 10.1 Å². The van der Waals surface area contributed by atoms with E-state index >= 15 is 0 Å². The summed E-state index contributed by atoms with van der Waals surface area (Å²) in [5.74, 6) is -0.370. The molecule has 0 saturated carbocycles. The Morgan fingerprint density at radius 2 is 2.04 bits per heavy atom. The smallest absolute Gasteiger partial charge is 0.257 e. The SMILES string of the molecule is Cc1cnc(NC(=O)c2cccc(C3OC(CO)C(O)C(O)C3O)c2)s1. The number of aryl methyl sites for hydroxylation is 1. The first-order valence-electron chi connectivity index (χ1n) is 8.05. The summed E-state index contributed by atoms with van der Waals surface area (Å²) < 4.78 is 5.52. The fourth-order valence-corrected chi connectivity index (χ4v) is 3.48. The number of nitrogens with one attached hydrogen (secondary N) is 1. The van der Waals surface area contributed by atoms with Crippen LogP contribution in [0.15, 0.2) is 30.5 Å². The van der Waals surface area contributed by atoms with E-state index in [9.17, 15) is 25.2 Å². The van der Waals surface area contributed by atoms with E-state index in [-0.39, 0.29) is 5.91 Å². The van der Waals surface area contributed by atoms with Crippen molar-refractivity contribution in [2.45, 2.75) is 37.4 Å². The summed E-state index contributed by atoms with van der Waals surface area (Å²) in [5.41, 5.74) is 0.775. The minimum absolute atomic E-state index is 0.326. The van der Waals surface area contributed by atoms with Crippen molar-refractivity contribution < 1.29 is 30.0 Å². The van der Waals surface area contributed by atoms with Crippen molar-refractivity contribution in [2.75, 3.05) is 11.9 Å². The monoisotopic (exact) mass is 380 g/mol. The van der Waals surface area contributed by atoms with Crippen LogP contribution in [0.5, 0.6) is 0 Å². The maximum atomic E-state index is 12.4. The second-order valence-corrected chi connectivity index (χ2v) is 7.34. The number of benzene rings is 1. The normalized spacial score (nSPS) is 28.7. The Kier molecular flexibility index (Phi) is 5.66. The Morgan fingerprint density at radius 3 is 2.69 bits per heavy atom. The van der Waals surface area contributed by atoms with E-state index in [1.165, 1.54) is 17.4 Å². The van der Waals surface area contributed by atoms with Gasteiger partial charge in [-0.25, -0.2) is 4.98 Å². The van der Waals surface area contributed by atoms with E-state index in [2.05, 4.69) is 10.3 Å². The second kappa shape index (κ2) is 7.78. The van der Waals surface area contributed by atoms with E-state index < -0.39 is 37.1 Å². The number of ether oxygens (including phenoxy) is 1. The highest BCUT2D eigenvalue weighted by atomic mass is 32.1. The van der Waals surface area contributed by atoms with Crippen LogP contribution in [0.3, 0.4) is 0 Å². The van der Waals surface area contributed by atoms with Gasteiger partial charge in [0.2, 0.25) is 0 Å². The number of nitrogens with zero attached hydrogens (tertiary/aromatic N) is 1. The lowest BCUT2D eigenvalue weighted by molar-refractivity contribution is -0.231. The van der Waals surface area contributed by atoms with Crippen LogP contribution >= 0.6 is 11.3 Å². The third kappa shape index (κ3) is 3.78. The van der Waals surface area contributed by atoms with Crippen molar-refractivity contribution in [1.29, 1.82) is 0 Å². The molecule has 9 heteroatoms. The molecule has 1 fully saturated rings. The molecule has 1 aromatic carbocycles. The topological polar surface area (TPSA) is 132 Å². The first kappa shape index (κ1) is 18.9. The van der Waals surface area contributed by atoms with E-state index in [1.807, 2.05) is 6.92 Å². The number of aromatic nitrogens is 1. The molecule has 1 aromatic heterocycles. The molecule has 1 aliphatic heterocycles. The van der Waals surface area contributed by atoms with Crippen LogP contribution < -0.4 is 5.32 Å². The number of carbonyl (C=O) groups is 1. The number of thiazole rings is 1. The summed E-state index contributed by atoms with van der Waals surface area (Å²) in [6, 6.07) is 6.39. The van der Waals surface area contributed by atoms with Gasteiger partial charge in [-0.15, -0.1) is 11.3 Å². The van der Waals surface area contributed by atoms with Crippen molar-refractivity contribution in [3.8, 4) is 0 Å². The Balaban J connectivity index is 1.81. The van der Waals surface area contributed by atoms with Crippen molar-refractivity contribution in [1.82, 2.24) is 4.98 Å². The molecule has 3 rings (SSSR count). The molecular weight excluding hydrogens is 360 g/mol.